The highest BCUT2D eigenvalue weighted by atomic mass is 19.1. The van der Waals surface area contributed by atoms with Crippen molar-refractivity contribution in [1.82, 2.24) is 4.90 Å². The van der Waals surface area contributed by atoms with Gasteiger partial charge < -0.3 is 15.0 Å². The fourth-order valence-electron chi connectivity index (χ4n) is 2.14. The van der Waals surface area contributed by atoms with E-state index in [1.54, 1.807) is 37.4 Å². The number of benzene rings is 2. The van der Waals surface area contributed by atoms with Gasteiger partial charge in [-0.15, -0.1) is 0 Å². The Bertz CT molecular complexity index is 773. The summed E-state index contributed by atoms with van der Waals surface area (Å²) in [6.45, 7) is 2.07. The van der Waals surface area contributed by atoms with Gasteiger partial charge in [0.2, 0.25) is 0 Å². The lowest BCUT2D eigenvalue weighted by Crippen LogP contribution is -2.38. The van der Waals surface area contributed by atoms with Gasteiger partial charge in [-0.25, -0.2) is 9.18 Å². The summed E-state index contributed by atoms with van der Waals surface area (Å²) in [6.07, 6.45) is 0.269. The number of halogens is 1. The number of nitrogens with one attached hydrogen (secondary N) is 1. The van der Waals surface area contributed by atoms with Crippen LogP contribution in [-0.4, -0.2) is 24.0 Å². The predicted molar refractivity (Wildman–Crippen MR) is 93.6 cm³/mol. The number of ether oxygens (including phenoxy) is 1. The van der Waals surface area contributed by atoms with Crippen LogP contribution in [0.3, 0.4) is 0 Å². The van der Waals surface area contributed by atoms with Gasteiger partial charge in [0.25, 0.3) is 0 Å². The summed E-state index contributed by atoms with van der Waals surface area (Å²) in [6, 6.07) is 14.7. The molecule has 0 spiro atoms. The number of carbonyl (C=O) groups excluding carboxylic acids is 1. The Morgan fingerprint density at radius 1 is 1.32 bits per heavy atom. The largest absolute Gasteiger partial charge is 0.489 e. The van der Waals surface area contributed by atoms with E-state index >= 15 is 0 Å². The van der Waals surface area contributed by atoms with E-state index in [1.165, 1.54) is 17.0 Å². The summed E-state index contributed by atoms with van der Waals surface area (Å²) in [7, 11) is 1.65. The van der Waals surface area contributed by atoms with E-state index in [2.05, 4.69) is 5.32 Å². The van der Waals surface area contributed by atoms with E-state index < -0.39 is 0 Å². The van der Waals surface area contributed by atoms with Crippen LogP contribution in [0.2, 0.25) is 0 Å². The highest BCUT2D eigenvalue weighted by Gasteiger charge is 2.15. The molecule has 0 radical (unpaired) electrons. The molecule has 25 heavy (non-hydrogen) atoms. The number of nitriles is 1. The third kappa shape index (κ3) is 5.50. The Balaban J connectivity index is 1.96. The van der Waals surface area contributed by atoms with E-state index in [-0.39, 0.29) is 30.9 Å². The number of nitrogens with zero attached hydrogens (tertiary/aromatic N) is 2. The first kappa shape index (κ1) is 18.3. The zero-order valence-electron chi connectivity index (χ0n) is 14.2. The standard InChI is InChI=1S/C19H20FN3O2/c1-14(9-10-21)23(2)19(24)22-17-7-3-5-15(11-17)13-25-18-8-4-6-16(20)12-18/h3-8,11-12,14H,9,13H2,1-2H3,(H,22,24)/t14-/m1/s1. The van der Waals surface area contributed by atoms with Gasteiger partial charge in [0.15, 0.2) is 0 Å². The molecule has 0 aliphatic heterocycles. The molecule has 0 saturated heterocycles. The molecule has 0 aliphatic carbocycles. The monoisotopic (exact) mass is 341 g/mol. The molecule has 0 aliphatic rings. The molecular weight excluding hydrogens is 321 g/mol. The normalized spacial score (nSPS) is 11.3. The second-order valence-corrected chi connectivity index (χ2v) is 5.70. The predicted octanol–water partition coefficient (Wildman–Crippen LogP) is 4.17. The van der Waals surface area contributed by atoms with E-state index in [0.717, 1.165) is 5.56 Å². The molecule has 130 valence electrons. The topological polar surface area (TPSA) is 65.4 Å². The summed E-state index contributed by atoms with van der Waals surface area (Å²) < 4.78 is 18.7. The highest BCUT2D eigenvalue weighted by Crippen LogP contribution is 2.17. The molecule has 5 nitrogen and oxygen atoms in total. The molecule has 0 saturated carbocycles. The van der Waals surface area contributed by atoms with Gasteiger partial charge in [0.05, 0.1) is 12.5 Å². The smallest absolute Gasteiger partial charge is 0.321 e. The molecule has 0 unspecified atom stereocenters. The van der Waals surface area contributed by atoms with Crippen LogP contribution >= 0.6 is 0 Å². The molecule has 2 aromatic rings. The Morgan fingerprint density at radius 2 is 2.08 bits per heavy atom. The maximum absolute atomic E-state index is 13.1. The van der Waals surface area contributed by atoms with Gasteiger partial charge in [0, 0.05) is 24.8 Å². The molecule has 2 aromatic carbocycles. The molecule has 1 N–H and O–H groups in total. The number of amides is 2. The third-order valence-corrected chi connectivity index (χ3v) is 3.75. The van der Waals surface area contributed by atoms with E-state index in [9.17, 15) is 9.18 Å². The van der Waals surface area contributed by atoms with E-state index in [1.807, 2.05) is 19.1 Å². The number of rotatable bonds is 6. The van der Waals surface area contributed by atoms with Crippen molar-refractivity contribution in [3.8, 4) is 11.8 Å². The minimum atomic E-state index is -0.354. The maximum atomic E-state index is 13.1. The maximum Gasteiger partial charge on any atom is 0.321 e. The Morgan fingerprint density at radius 3 is 2.80 bits per heavy atom. The summed E-state index contributed by atoms with van der Waals surface area (Å²) in [4.78, 5) is 13.7. The van der Waals surface area contributed by atoms with Gasteiger partial charge in [-0.05, 0) is 36.8 Å². The van der Waals surface area contributed by atoms with Crippen LogP contribution in [0.4, 0.5) is 14.9 Å². The Labute approximate surface area is 146 Å². The van der Waals surface area contributed by atoms with Crippen LogP contribution < -0.4 is 10.1 Å². The zero-order valence-corrected chi connectivity index (χ0v) is 14.2. The lowest BCUT2D eigenvalue weighted by molar-refractivity contribution is 0.208. The quantitative estimate of drug-likeness (QED) is 0.857. The molecule has 0 aromatic heterocycles. The van der Waals surface area contributed by atoms with Gasteiger partial charge in [-0.2, -0.15) is 5.26 Å². The summed E-state index contributed by atoms with van der Waals surface area (Å²) >= 11 is 0. The van der Waals surface area contributed by atoms with Crippen LogP contribution in [0.1, 0.15) is 18.9 Å². The molecule has 0 bridgehead atoms. The number of urea groups is 1. The lowest BCUT2D eigenvalue weighted by Gasteiger charge is -2.23. The van der Waals surface area contributed by atoms with Gasteiger partial charge in [0.1, 0.15) is 18.2 Å². The van der Waals surface area contributed by atoms with Crippen LogP contribution in [0.5, 0.6) is 5.75 Å². The molecule has 0 heterocycles. The minimum Gasteiger partial charge on any atom is -0.489 e. The zero-order chi connectivity index (χ0) is 18.2. The Kier molecular flexibility index (Phi) is 6.35. The average molecular weight is 341 g/mol. The SMILES string of the molecule is C[C@H](CC#N)N(C)C(=O)Nc1cccc(COc2cccc(F)c2)c1. The van der Waals surface area contributed by atoms with Crippen molar-refractivity contribution in [1.29, 1.82) is 5.26 Å². The summed E-state index contributed by atoms with van der Waals surface area (Å²) in [5.41, 5.74) is 1.47. The van der Waals surface area contributed by atoms with E-state index in [4.69, 9.17) is 10.00 Å². The first-order chi connectivity index (χ1) is 12.0. The van der Waals surface area contributed by atoms with Crippen LogP contribution in [0, 0.1) is 17.1 Å². The number of hydrogen-bond acceptors (Lipinski definition) is 3. The molecule has 2 rings (SSSR count). The van der Waals surface area contributed by atoms with Crippen molar-refractivity contribution >= 4 is 11.7 Å². The minimum absolute atomic E-state index is 0.176. The van der Waals surface area contributed by atoms with Gasteiger partial charge in [-0.3, -0.25) is 0 Å². The fourth-order valence-corrected chi connectivity index (χ4v) is 2.14. The van der Waals surface area contributed by atoms with Crippen molar-refractivity contribution in [2.75, 3.05) is 12.4 Å². The fraction of sp³-hybridized carbons (Fsp3) is 0.263. The summed E-state index contributed by atoms with van der Waals surface area (Å²) in [5.74, 6) is 0.0903. The second kappa shape index (κ2) is 8.69. The third-order valence-electron chi connectivity index (χ3n) is 3.75. The van der Waals surface area contributed by atoms with Crippen LogP contribution in [0.25, 0.3) is 0 Å². The van der Waals surface area contributed by atoms with Crippen LogP contribution in [0.15, 0.2) is 48.5 Å². The van der Waals surface area contributed by atoms with Crippen molar-refractivity contribution in [3.63, 3.8) is 0 Å². The Hall–Kier alpha value is -3.07. The second-order valence-electron chi connectivity index (χ2n) is 5.70. The molecule has 6 heteroatoms. The van der Waals surface area contributed by atoms with Crippen molar-refractivity contribution in [2.24, 2.45) is 0 Å². The van der Waals surface area contributed by atoms with Crippen LogP contribution in [-0.2, 0) is 6.61 Å². The van der Waals surface area contributed by atoms with Crippen molar-refractivity contribution in [2.45, 2.75) is 26.0 Å². The lowest BCUT2D eigenvalue weighted by atomic mass is 10.2. The number of hydrogen-bond donors (Lipinski definition) is 1. The molecule has 2 amide bonds. The highest BCUT2D eigenvalue weighted by molar-refractivity contribution is 5.89. The molecular formula is C19H20FN3O2. The van der Waals surface area contributed by atoms with Gasteiger partial charge >= 0.3 is 6.03 Å². The van der Waals surface area contributed by atoms with E-state index in [0.29, 0.717) is 11.4 Å². The molecule has 1 atom stereocenters. The summed E-state index contributed by atoms with van der Waals surface area (Å²) in [5, 5.41) is 11.5. The van der Waals surface area contributed by atoms with Gasteiger partial charge in [-0.1, -0.05) is 18.2 Å². The molecule has 0 fully saturated rings. The average Bonchev–Trinajstić information content (AvgIpc) is 2.60. The number of anilines is 1. The van der Waals surface area contributed by atoms with Crippen molar-refractivity contribution in [3.05, 3.63) is 59.9 Å². The first-order valence-corrected chi connectivity index (χ1v) is 7.87. The first-order valence-electron chi connectivity index (χ1n) is 7.87. The number of carbonyl (C=O) groups is 1. The van der Waals surface area contributed by atoms with Crippen molar-refractivity contribution < 1.29 is 13.9 Å².